The van der Waals surface area contributed by atoms with E-state index >= 15 is 0 Å². The first kappa shape index (κ1) is 18.5. The third kappa shape index (κ3) is 4.71. The number of aromatic nitrogens is 2. The summed E-state index contributed by atoms with van der Waals surface area (Å²) >= 11 is 0. The van der Waals surface area contributed by atoms with Gasteiger partial charge in [-0.15, -0.1) is 10.2 Å². The molecule has 0 N–H and O–H groups in total. The fraction of sp³-hybridized carbons (Fsp3) is 0.762. The predicted octanol–water partition coefficient (Wildman–Crippen LogP) is 3.09. The number of piperidine rings is 1. The van der Waals surface area contributed by atoms with E-state index in [0.717, 1.165) is 57.3 Å². The van der Waals surface area contributed by atoms with E-state index in [4.69, 9.17) is 0 Å². The molecule has 0 unspecified atom stereocenters. The van der Waals surface area contributed by atoms with E-state index in [1.54, 1.807) is 0 Å². The molecule has 1 aromatic rings. The maximum absolute atomic E-state index is 12.6. The Morgan fingerprint density at radius 2 is 1.33 bits per heavy atom. The lowest BCUT2D eigenvalue weighted by molar-refractivity contribution is -0.132. The highest BCUT2D eigenvalue weighted by molar-refractivity contribution is 5.76. The number of piperazine rings is 1. The quantitative estimate of drug-likeness (QED) is 0.814. The van der Waals surface area contributed by atoms with Crippen molar-refractivity contribution < 1.29 is 4.79 Å². The molecule has 0 atom stereocenters. The normalized spacial score (nSPS) is 22.1. The molecule has 27 heavy (non-hydrogen) atoms. The van der Waals surface area contributed by atoms with E-state index in [0.29, 0.717) is 11.8 Å². The van der Waals surface area contributed by atoms with E-state index in [-0.39, 0.29) is 0 Å². The maximum Gasteiger partial charge on any atom is 0.222 e. The monoisotopic (exact) mass is 371 g/mol. The summed E-state index contributed by atoms with van der Waals surface area (Å²) in [5.74, 6) is 2.92. The molecule has 2 aliphatic heterocycles. The van der Waals surface area contributed by atoms with Gasteiger partial charge >= 0.3 is 0 Å². The van der Waals surface area contributed by atoms with Gasteiger partial charge in [0.2, 0.25) is 5.91 Å². The van der Waals surface area contributed by atoms with Gasteiger partial charge in [0.25, 0.3) is 0 Å². The average Bonchev–Trinajstić information content (AvgIpc) is 2.75. The summed E-state index contributed by atoms with van der Waals surface area (Å²) in [6.07, 6.45) is 11.0. The van der Waals surface area contributed by atoms with Gasteiger partial charge in [0.1, 0.15) is 0 Å². The van der Waals surface area contributed by atoms with Crippen molar-refractivity contribution in [2.75, 3.05) is 49.1 Å². The standard InChI is InChI=1S/C21H33N5O/c27-21(17-18-7-3-1-4-8-18)26-15-13-25(14-16-26)20-10-9-19(22-23-20)24-11-5-2-6-12-24/h9-10,18H,1-8,11-17H2. The molecule has 6 nitrogen and oxygen atoms in total. The first-order valence-electron chi connectivity index (χ1n) is 10.9. The molecule has 0 aromatic carbocycles. The van der Waals surface area contributed by atoms with Crippen LogP contribution in [0.4, 0.5) is 11.6 Å². The number of anilines is 2. The zero-order chi connectivity index (χ0) is 18.5. The van der Waals surface area contributed by atoms with Gasteiger partial charge in [-0.05, 0) is 50.2 Å². The largest absolute Gasteiger partial charge is 0.355 e. The molecule has 3 aliphatic rings. The molecule has 0 radical (unpaired) electrons. The maximum atomic E-state index is 12.6. The number of amides is 1. The summed E-state index contributed by atoms with van der Waals surface area (Å²) < 4.78 is 0. The summed E-state index contributed by atoms with van der Waals surface area (Å²) in [5, 5.41) is 8.93. The van der Waals surface area contributed by atoms with E-state index in [1.165, 1.54) is 51.4 Å². The van der Waals surface area contributed by atoms with Crippen LogP contribution in [-0.2, 0) is 4.79 Å². The summed E-state index contributed by atoms with van der Waals surface area (Å²) in [7, 11) is 0. The highest BCUT2D eigenvalue weighted by atomic mass is 16.2. The van der Waals surface area contributed by atoms with E-state index in [9.17, 15) is 4.79 Å². The molecule has 1 aliphatic carbocycles. The highest BCUT2D eigenvalue weighted by Crippen LogP contribution is 2.27. The van der Waals surface area contributed by atoms with Crippen molar-refractivity contribution in [1.82, 2.24) is 15.1 Å². The Morgan fingerprint density at radius 1 is 0.778 bits per heavy atom. The molecular weight excluding hydrogens is 338 g/mol. The van der Waals surface area contributed by atoms with Crippen molar-refractivity contribution in [3.63, 3.8) is 0 Å². The Morgan fingerprint density at radius 3 is 1.93 bits per heavy atom. The fourth-order valence-electron chi connectivity index (χ4n) is 4.73. The van der Waals surface area contributed by atoms with Crippen molar-refractivity contribution in [2.24, 2.45) is 5.92 Å². The van der Waals surface area contributed by atoms with E-state index in [1.807, 2.05) is 0 Å². The van der Waals surface area contributed by atoms with E-state index in [2.05, 4.69) is 37.0 Å². The summed E-state index contributed by atoms with van der Waals surface area (Å²) in [5.41, 5.74) is 0. The summed E-state index contributed by atoms with van der Waals surface area (Å²) in [6, 6.07) is 4.20. The lowest BCUT2D eigenvalue weighted by Crippen LogP contribution is -2.49. The van der Waals surface area contributed by atoms with Crippen molar-refractivity contribution in [1.29, 1.82) is 0 Å². The number of hydrogen-bond acceptors (Lipinski definition) is 5. The van der Waals surface area contributed by atoms with Crippen LogP contribution in [0.2, 0.25) is 0 Å². The molecule has 3 heterocycles. The van der Waals surface area contributed by atoms with Crippen LogP contribution in [0.5, 0.6) is 0 Å². The van der Waals surface area contributed by atoms with Crippen molar-refractivity contribution >= 4 is 17.5 Å². The Balaban J connectivity index is 1.26. The van der Waals surface area contributed by atoms with Crippen LogP contribution in [-0.4, -0.2) is 60.3 Å². The number of carbonyl (C=O) groups is 1. The van der Waals surface area contributed by atoms with Crippen LogP contribution in [0.3, 0.4) is 0 Å². The van der Waals surface area contributed by atoms with Crippen LogP contribution in [0.15, 0.2) is 12.1 Å². The Kier molecular flexibility index (Phi) is 6.10. The number of carbonyl (C=O) groups excluding carboxylic acids is 1. The van der Waals surface area contributed by atoms with Gasteiger partial charge in [0, 0.05) is 45.7 Å². The van der Waals surface area contributed by atoms with Gasteiger partial charge < -0.3 is 14.7 Å². The third-order valence-electron chi connectivity index (χ3n) is 6.46. The van der Waals surface area contributed by atoms with Gasteiger partial charge in [-0.25, -0.2) is 0 Å². The van der Waals surface area contributed by atoms with Crippen LogP contribution in [0.25, 0.3) is 0 Å². The molecule has 0 spiro atoms. The zero-order valence-electron chi connectivity index (χ0n) is 16.5. The molecule has 1 saturated carbocycles. The fourth-order valence-corrected chi connectivity index (χ4v) is 4.73. The molecule has 2 saturated heterocycles. The molecule has 148 valence electrons. The minimum Gasteiger partial charge on any atom is -0.355 e. The Bertz CT molecular complexity index is 600. The topological polar surface area (TPSA) is 52.6 Å². The minimum absolute atomic E-state index is 0.355. The zero-order valence-corrected chi connectivity index (χ0v) is 16.5. The second-order valence-electron chi connectivity index (χ2n) is 8.37. The lowest BCUT2D eigenvalue weighted by Gasteiger charge is -2.36. The van der Waals surface area contributed by atoms with Crippen LogP contribution in [0, 0.1) is 5.92 Å². The van der Waals surface area contributed by atoms with Gasteiger partial charge in [-0.2, -0.15) is 0 Å². The van der Waals surface area contributed by atoms with Crippen molar-refractivity contribution in [3.8, 4) is 0 Å². The van der Waals surface area contributed by atoms with Crippen LogP contribution in [0.1, 0.15) is 57.8 Å². The second kappa shape index (κ2) is 8.89. The van der Waals surface area contributed by atoms with Crippen molar-refractivity contribution in [3.05, 3.63) is 12.1 Å². The van der Waals surface area contributed by atoms with Crippen LogP contribution >= 0.6 is 0 Å². The molecule has 0 bridgehead atoms. The number of hydrogen-bond donors (Lipinski definition) is 0. The number of rotatable bonds is 4. The lowest BCUT2D eigenvalue weighted by atomic mass is 9.86. The smallest absolute Gasteiger partial charge is 0.222 e. The third-order valence-corrected chi connectivity index (χ3v) is 6.46. The predicted molar refractivity (Wildman–Crippen MR) is 108 cm³/mol. The van der Waals surface area contributed by atoms with Crippen LogP contribution < -0.4 is 9.80 Å². The minimum atomic E-state index is 0.355. The van der Waals surface area contributed by atoms with Gasteiger partial charge in [-0.3, -0.25) is 4.79 Å². The molecule has 3 fully saturated rings. The van der Waals surface area contributed by atoms with Gasteiger partial charge in [0.05, 0.1) is 0 Å². The first-order valence-corrected chi connectivity index (χ1v) is 10.9. The molecule has 1 aromatic heterocycles. The Labute approximate surface area is 162 Å². The highest BCUT2D eigenvalue weighted by Gasteiger charge is 2.25. The number of nitrogens with zero attached hydrogens (tertiary/aromatic N) is 5. The molecule has 6 heteroatoms. The second-order valence-corrected chi connectivity index (χ2v) is 8.37. The summed E-state index contributed by atoms with van der Waals surface area (Å²) in [6.45, 7) is 5.51. The van der Waals surface area contributed by atoms with E-state index < -0.39 is 0 Å². The van der Waals surface area contributed by atoms with Gasteiger partial charge in [-0.1, -0.05) is 19.3 Å². The Hall–Kier alpha value is -1.85. The molecule has 4 rings (SSSR count). The SMILES string of the molecule is O=C(CC1CCCCC1)N1CCN(c2ccc(N3CCCCC3)nn2)CC1. The molecular formula is C21H33N5O. The van der Waals surface area contributed by atoms with Crippen molar-refractivity contribution in [2.45, 2.75) is 57.8 Å². The first-order chi connectivity index (χ1) is 13.3. The average molecular weight is 372 g/mol. The molecule has 1 amide bonds. The summed E-state index contributed by atoms with van der Waals surface area (Å²) in [4.78, 5) is 19.3. The van der Waals surface area contributed by atoms with Gasteiger partial charge in [0.15, 0.2) is 11.6 Å².